The Kier molecular flexibility index (Phi) is 4.54. The van der Waals surface area contributed by atoms with Gasteiger partial charge in [-0.2, -0.15) is 0 Å². The standard InChI is InChI=1S/C9H26N2Si3/c1-9-14(8,10-12(2,3)4)11-13(5,6)7/h9-11H,1H2,2-8H3. The molecule has 0 atom stereocenters. The monoisotopic (exact) mass is 246 g/mol. The zero-order valence-electron chi connectivity index (χ0n) is 10.8. The van der Waals surface area contributed by atoms with E-state index in [0.29, 0.717) is 0 Å². The number of nitrogens with one attached hydrogen (secondary N) is 2. The lowest BCUT2D eigenvalue weighted by Gasteiger charge is -2.37. The van der Waals surface area contributed by atoms with Crippen LogP contribution in [0.3, 0.4) is 0 Å². The van der Waals surface area contributed by atoms with Crippen LogP contribution in [0.25, 0.3) is 0 Å². The molecule has 0 aromatic heterocycles. The Morgan fingerprint density at radius 2 is 1.07 bits per heavy atom. The lowest BCUT2D eigenvalue weighted by molar-refractivity contribution is 1.20. The third kappa shape index (κ3) is 6.72. The van der Waals surface area contributed by atoms with Gasteiger partial charge in [-0.05, 0) is 6.55 Å². The van der Waals surface area contributed by atoms with Crippen LogP contribution in [-0.4, -0.2) is 24.9 Å². The van der Waals surface area contributed by atoms with Gasteiger partial charge in [-0.1, -0.05) is 45.0 Å². The molecule has 0 fully saturated rings. The summed E-state index contributed by atoms with van der Waals surface area (Å²) in [5.41, 5.74) is 2.13. The molecule has 2 nitrogen and oxygen atoms in total. The van der Waals surface area contributed by atoms with E-state index >= 15 is 0 Å². The highest BCUT2D eigenvalue weighted by molar-refractivity contribution is 6.98. The van der Waals surface area contributed by atoms with Crippen molar-refractivity contribution in [3.05, 3.63) is 12.3 Å². The van der Waals surface area contributed by atoms with Crippen LogP contribution in [0.4, 0.5) is 0 Å². The van der Waals surface area contributed by atoms with Crippen LogP contribution in [0.2, 0.25) is 45.8 Å². The van der Waals surface area contributed by atoms with Crippen molar-refractivity contribution in [1.29, 1.82) is 0 Å². The molecular formula is C9H26N2Si3. The summed E-state index contributed by atoms with van der Waals surface area (Å²) in [5, 5.41) is 0. The van der Waals surface area contributed by atoms with Crippen LogP contribution in [-0.2, 0) is 0 Å². The first-order chi connectivity index (χ1) is 5.97. The summed E-state index contributed by atoms with van der Waals surface area (Å²) in [6.45, 7) is 20.3. The normalized spacial score (nSPS) is 14.2. The van der Waals surface area contributed by atoms with E-state index in [1.54, 1.807) is 0 Å². The van der Waals surface area contributed by atoms with Gasteiger partial charge in [0.2, 0.25) is 8.40 Å². The van der Waals surface area contributed by atoms with Crippen molar-refractivity contribution in [3.8, 4) is 0 Å². The zero-order valence-corrected chi connectivity index (χ0v) is 13.8. The van der Waals surface area contributed by atoms with Gasteiger partial charge in [0.25, 0.3) is 0 Å². The Bertz CT molecular complexity index is 187. The maximum atomic E-state index is 3.98. The van der Waals surface area contributed by atoms with Crippen molar-refractivity contribution in [1.82, 2.24) is 9.30 Å². The average Bonchev–Trinajstić information content (AvgIpc) is 1.78. The van der Waals surface area contributed by atoms with E-state index in [2.05, 4.69) is 67.4 Å². The van der Waals surface area contributed by atoms with Crippen molar-refractivity contribution in [2.75, 3.05) is 0 Å². The van der Waals surface area contributed by atoms with Crippen molar-refractivity contribution >= 4 is 24.9 Å². The molecule has 2 N–H and O–H groups in total. The van der Waals surface area contributed by atoms with Crippen LogP contribution in [0.15, 0.2) is 12.3 Å². The maximum Gasteiger partial charge on any atom is 0.210 e. The lowest BCUT2D eigenvalue weighted by Crippen LogP contribution is -2.71. The number of hydrogen-bond donors (Lipinski definition) is 2. The molecule has 0 aliphatic carbocycles. The van der Waals surface area contributed by atoms with Gasteiger partial charge in [0.15, 0.2) is 0 Å². The van der Waals surface area contributed by atoms with Crippen LogP contribution in [0, 0.1) is 0 Å². The Hall–Kier alpha value is 0.311. The Balaban J connectivity index is 4.57. The minimum atomic E-state index is -1.61. The number of rotatable bonds is 5. The molecule has 0 saturated carbocycles. The first-order valence-corrected chi connectivity index (χ1v) is 14.8. The molecule has 0 aliphatic rings. The van der Waals surface area contributed by atoms with E-state index in [-0.39, 0.29) is 0 Å². The van der Waals surface area contributed by atoms with E-state index in [1.165, 1.54) is 0 Å². The van der Waals surface area contributed by atoms with Gasteiger partial charge in [0, 0.05) is 0 Å². The van der Waals surface area contributed by atoms with Crippen molar-refractivity contribution in [2.45, 2.75) is 45.8 Å². The average molecular weight is 247 g/mol. The predicted octanol–water partition coefficient (Wildman–Crippen LogP) is 2.63. The molecule has 0 aromatic rings. The molecule has 0 spiro atoms. The predicted molar refractivity (Wildman–Crippen MR) is 74.8 cm³/mol. The first kappa shape index (κ1) is 14.3. The second kappa shape index (κ2) is 4.44. The molecule has 0 aliphatic heterocycles. The Morgan fingerprint density at radius 3 is 1.21 bits per heavy atom. The summed E-state index contributed by atoms with van der Waals surface area (Å²) in [4.78, 5) is 0. The third-order valence-corrected chi connectivity index (χ3v) is 12.6. The summed E-state index contributed by atoms with van der Waals surface area (Å²) in [6, 6.07) is 0. The van der Waals surface area contributed by atoms with Gasteiger partial charge in [0.1, 0.15) is 16.5 Å². The molecule has 0 bridgehead atoms. The summed E-state index contributed by atoms with van der Waals surface area (Å²) in [7, 11) is -4.03. The largest absolute Gasteiger partial charge is 0.345 e. The van der Waals surface area contributed by atoms with Gasteiger partial charge in [-0.25, -0.2) is 0 Å². The quantitative estimate of drug-likeness (QED) is 0.729. The summed E-state index contributed by atoms with van der Waals surface area (Å²) < 4.78 is 7.64. The Labute approximate surface area is 92.5 Å². The van der Waals surface area contributed by atoms with Gasteiger partial charge in [0.05, 0.1) is 0 Å². The fourth-order valence-electron chi connectivity index (χ4n) is 1.69. The highest BCUT2D eigenvalue weighted by Crippen LogP contribution is 2.07. The Morgan fingerprint density at radius 1 is 0.786 bits per heavy atom. The van der Waals surface area contributed by atoms with Crippen LogP contribution in [0.5, 0.6) is 0 Å². The van der Waals surface area contributed by atoms with Gasteiger partial charge in [-0.15, -0.1) is 6.58 Å². The highest BCUT2D eigenvalue weighted by atomic mass is 28.4. The second-order valence-electron chi connectivity index (χ2n) is 6.16. The molecular weight excluding hydrogens is 220 g/mol. The fourth-order valence-corrected chi connectivity index (χ4v) is 15.8. The van der Waals surface area contributed by atoms with E-state index in [0.717, 1.165) is 0 Å². The van der Waals surface area contributed by atoms with Crippen molar-refractivity contribution < 1.29 is 0 Å². The minimum absolute atomic E-state index is 1.21. The first-order valence-electron chi connectivity index (χ1n) is 5.20. The minimum Gasteiger partial charge on any atom is -0.345 e. The van der Waals surface area contributed by atoms with E-state index in [4.69, 9.17) is 0 Å². The highest BCUT2D eigenvalue weighted by Gasteiger charge is 2.33. The van der Waals surface area contributed by atoms with Gasteiger partial charge < -0.3 is 9.30 Å². The van der Waals surface area contributed by atoms with Crippen LogP contribution < -0.4 is 9.30 Å². The smallest absolute Gasteiger partial charge is 0.210 e. The van der Waals surface area contributed by atoms with Crippen molar-refractivity contribution in [3.63, 3.8) is 0 Å². The molecule has 0 heterocycles. The fraction of sp³-hybridized carbons (Fsp3) is 0.778. The molecule has 0 unspecified atom stereocenters. The molecule has 14 heavy (non-hydrogen) atoms. The maximum absolute atomic E-state index is 3.98. The number of hydrogen-bond acceptors (Lipinski definition) is 2. The van der Waals surface area contributed by atoms with Crippen molar-refractivity contribution in [2.24, 2.45) is 0 Å². The third-order valence-electron chi connectivity index (χ3n) is 1.68. The van der Waals surface area contributed by atoms with E-state index in [9.17, 15) is 0 Å². The van der Waals surface area contributed by atoms with E-state index in [1.807, 2.05) is 0 Å². The topological polar surface area (TPSA) is 24.1 Å². The molecule has 5 heteroatoms. The summed E-state index contributed by atoms with van der Waals surface area (Å²) in [5.74, 6) is 0. The molecule has 0 aromatic carbocycles. The molecule has 0 saturated heterocycles. The van der Waals surface area contributed by atoms with Crippen LogP contribution >= 0.6 is 0 Å². The second-order valence-corrected chi connectivity index (χ2v) is 20.0. The SMILES string of the molecule is C=C[Si](C)(N[Si](C)(C)C)N[Si](C)(C)C. The zero-order chi connectivity index (χ0) is 11.6. The summed E-state index contributed by atoms with van der Waals surface area (Å²) in [6.07, 6.45) is 0. The van der Waals surface area contributed by atoms with Gasteiger partial charge >= 0.3 is 0 Å². The van der Waals surface area contributed by atoms with Gasteiger partial charge in [-0.3, -0.25) is 0 Å². The lowest BCUT2D eigenvalue weighted by atomic mass is 11.3. The molecule has 0 radical (unpaired) electrons. The molecule has 0 rings (SSSR count). The van der Waals surface area contributed by atoms with E-state index < -0.39 is 24.9 Å². The van der Waals surface area contributed by atoms with Crippen LogP contribution in [0.1, 0.15) is 0 Å². The summed E-state index contributed by atoms with van der Waals surface area (Å²) >= 11 is 0. The molecule has 84 valence electrons. The molecule has 0 amide bonds.